The summed E-state index contributed by atoms with van der Waals surface area (Å²) in [4.78, 5) is 32.9. The molecule has 0 radical (unpaired) electrons. The van der Waals surface area contributed by atoms with Crippen LogP contribution >= 0.6 is 0 Å². The largest absolute Gasteiger partial charge is 0.330 e. The Hall–Kier alpha value is -3.42. The lowest BCUT2D eigenvalue weighted by atomic mass is 10.1. The molecule has 3 heterocycles. The highest BCUT2D eigenvalue weighted by atomic mass is 16.2. The van der Waals surface area contributed by atoms with Crippen molar-refractivity contribution in [2.75, 3.05) is 0 Å². The summed E-state index contributed by atoms with van der Waals surface area (Å²) in [6.45, 7) is 7.21. The maximum absolute atomic E-state index is 13.0. The van der Waals surface area contributed by atoms with E-state index in [1.165, 1.54) is 0 Å². The summed E-state index contributed by atoms with van der Waals surface area (Å²) in [5.74, 6) is 0.832. The van der Waals surface area contributed by atoms with Crippen molar-refractivity contribution in [1.82, 2.24) is 28.9 Å². The molecule has 4 aromatic rings. The molecule has 0 fully saturated rings. The lowest BCUT2D eigenvalue weighted by Gasteiger charge is -2.10. The van der Waals surface area contributed by atoms with Gasteiger partial charge >= 0.3 is 5.69 Å². The number of benzene rings is 1. The molecule has 1 N–H and O–H groups in total. The minimum atomic E-state index is -0.419. The van der Waals surface area contributed by atoms with Gasteiger partial charge in [-0.05, 0) is 17.9 Å². The van der Waals surface area contributed by atoms with Crippen LogP contribution in [0.25, 0.3) is 22.6 Å². The molecule has 0 saturated heterocycles. The van der Waals surface area contributed by atoms with E-state index in [2.05, 4.69) is 30.9 Å². The Balaban J connectivity index is 2.05. The van der Waals surface area contributed by atoms with Crippen molar-refractivity contribution in [3.63, 3.8) is 0 Å². The molecule has 31 heavy (non-hydrogen) atoms. The first-order chi connectivity index (χ1) is 14.9. The van der Waals surface area contributed by atoms with Crippen LogP contribution in [0.1, 0.15) is 50.8 Å². The highest BCUT2D eigenvalue weighted by molar-refractivity contribution is 5.77. The predicted octanol–water partition coefficient (Wildman–Crippen LogP) is 3.26. The number of unbranched alkanes of at least 4 members (excludes halogenated alkanes) is 1. The number of aryl methyl sites for hydroxylation is 2. The summed E-state index contributed by atoms with van der Waals surface area (Å²) in [7, 11) is 1.88. The second kappa shape index (κ2) is 8.37. The molecule has 1 aromatic carbocycles. The van der Waals surface area contributed by atoms with Gasteiger partial charge in [0.15, 0.2) is 11.2 Å². The Morgan fingerprint density at radius 2 is 1.84 bits per heavy atom. The quantitative estimate of drug-likeness (QED) is 0.497. The fraction of sp³-hybridized carbons (Fsp3) is 0.391. The van der Waals surface area contributed by atoms with Crippen LogP contribution in [0.2, 0.25) is 0 Å². The molecule has 0 atom stereocenters. The normalized spacial score (nSPS) is 11.6. The molecule has 0 unspecified atom stereocenters. The fourth-order valence-electron chi connectivity index (χ4n) is 3.93. The minimum Gasteiger partial charge on any atom is -0.314 e. The van der Waals surface area contributed by atoms with E-state index in [4.69, 9.17) is 4.98 Å². The van der Waals surface area contributed by atoms with Crippen LogP contribution in [0.4, 0.5) is 0 Å². The summed E-state index contributed by atoms with van der Waals surface area (Å²) < 4.78 is 5.26. The number of imidazole rings is 1. The van der Waals surface area contributed by atoms with Crippen LogP contribution in [0.3, 0.4) is 0 Å². The van der Waals surface area contributed by atoms with Crippen LogP contribution in [-0.4, -0.2) is 28.9 Å². The van der Waals surface area contributed by atoms with E-state index in [0.29, 0.717) is 30.1 Å². The Bertz CT molecular complexity index is 1320. The average Bonchev–Trinajstić information content (AvgIpc) is 3.30. The van der Waals surface area contributed by atoms with Gasteiger partial charge in [-0.3, -0.25) is 19.0 Å². The second-order valence-electron chi connectivity index (χ2n) is 8.20. The number of nitrogens with zero attached hydrogens (tertiary/aromatic N) is 5. The lowest BCUT2D eigenvalue weighted by molar-refractivity contribution is 0.613. The highest BCUT2D eigenvalue weighted by Crippen LogP contribution is 2.30. The van der Waals surface area contributed by atoms with Crippen molar-refractivity contribution in [2.24, 2.45) is 7.05 Å². The lowest BCUT2D eigenvalue weighted by Crippen LogP contribution is -2.31. The first-order valence-corrected chi connectivity index (χ1v) is 10.7. The number of hydrogen-bond donors (Lipinski definition) is 1. The molecular weight excluding hydrogens is 392 g/mol. The van der Waals surface area contributed by atoms with Crippen molar-refractivity contribution in [3.8, 4) is 11.4 Å². The zero-order chi connectivity index (χ0) is 22.1. The highest BCUT2D eigenvalue weighted by Gasteiger charge is 2.24. The van der Waals surface area contributed by atoms with Gasteiger partial charge in [0, 0.05) is 26.3 Å². The molecule has 8 heteroatoms. The zero-order valence-corrected chi connectivity index (χ0v) is 18.4. The molecule has 0 bridgehead atoms. The molecule has 0 aliphatic rings. The second-order valence-corrected chi connectivity index (χ2v) is 8.20. The summed E-state index contributed by atoms with van der Waals surface area (Å²) in [5.41, 5.74) is 2.82. The topological polar surface area (TPSA) is 90.5 Å². The van der Waals surface area contributed by atoms with Gasteiger partial charge in [-0.15, -0.1) is 0 Å². The number of aromatic nitrogens is 6. The van der Waals surface area contributed by atoms with E-state index < -0.39 is 11.2 Å². The van der Waals surface area contributed by atoms with Gasteiger partial charge in [-0.25, -0.2) is 9.78 Å². The van der Waals surface area contributed by atoms with E-state index in [1.54, 1.807) is 9.25 Å². The third-order valence-electron chi connectivity index (χ3n) is 5.45. The molecule has 0 aliphatic carbocycles. The van der Waals surface area contributed by atoms with E-state index in [0.717, 1.165) is 29.7 Å². The molecule has 4 rings (SSSR count). The van der Waals surface area contributed by atoms with E-state index in [-0.39, 0.29) is 5.92 Å². The number of rotatable bonds is 7. The van der Waals surface area contributed by atoms with E-state index in [9.17, 15) is 9.59 Å². The predicted molar refractivity (Wildman–Crippen MR) is 121 cm³/mol. The van der Waals surface area contributed by atoms with Crippen LogP contribution in [0.15, 0.2) is 46.1 Å². The summed E-state index contributed by atoms with van der Waals surface area (Å²) in [6.07, 6.45) is 3.69. The monoisotopic (exact) mass is 420 g/mol. The average molecular weight is 421 g/mol. The number of hydrogen-bond acceptors (Lipinski definition) is 4. The van der Waals surface area contributed by atoms with Crippen LogP contribution in [0, 0.1) is 0 Å². The van der Waals surface area contributed by atoms with Gasteiger partial charge in [-0.1, -0.05) is 57.5 Å². The van der Waals surface area contributed by atoms with Gasteiger partial charge in [0.1, 0.15) is 5.82 Å². The SMILES string of the molecule is CCCCn1c(=O)[nH]c(=O)c2c1nc(-c1cn(C)nc1C(C)C)n2Cc1ccccc1. The van der Waals surface area contributed by atoms with Crippen molar-refractivity contribution >= 4 is 11.2 Å². The van der Waals surface area contributed by atoms with Gasteiger partial charge in [0.05, 0.1) is 11.3 Å². The van der Waals surface area contributed by atoms with Gasteiger partial charge in [0.25, 0.3) is 5.56 Å². The number of aromatic amines is 1. The summed E-state index contributed by atoms with van der Waals surface area (Å²) in [5, 5.41) is 4.63. The van der Waals surface area contributed by atoms with Crippen molar-refractivity contribution < 1.29 is 0 Å². The van der Waals surface area contributed by atoms with Gasteiger partial charge in [-0.2, -0.15) is 5.10 Å². The number of H-pyrrole nitrogens is 1. The maximum atomic E-state index is 13.0. The Kier molecular flexibility index (Phi) is 5.63. The van der Waals surface area contributed by atoms with Gasteiger partial charge < -0.3 is 4.57 Å². The van der Waals surface area contributed by atoms with Gasteiger partial charge in [0.2, 0.25) is 0 Å². The fourth-order valence-corrected chi connectivity index (χ4v) is 3.93. The van der Waals surface area contributed by atoms with E-state index in [1.807, 2.05) is 48.1 Å². The Labute approximate surface area is 180 Å². The molecule has 0 amide bonds. The third-order valence-corrected chi connectivity index (χ3v) is 5.45. The standard InChI is InChI=1S/C23H28N6O2/c1-5-6-12-28-21-19(22(30)25-23(28)31)29(13-16-10-8-7-9-11-16)20(24-21)17-14-27(4)26-18(17)15(2)3/h7-11,14-15H,5-6,12-13H2,1-4H3,(H,25,30,31). The smallest absolute Gasteiger partial charge is 0.314 e. The third kappa shape index (κ3) is 3.85. The van der Waals surface area contributed by atoms with Crippen molar-refractivity contribution in [2.45, 2.75) is 52.6 Å². The van der Waals surface area contributed by atoms with Crippen molar-refractivity contribution in [3.05, 3.63) is 68.6 Å². The molecular formula is C23H28N6O2. The first-order valence-electron chi connectivity index (χ1n) is 10.7. The summed E-state index contributed by atoms with van der Waals surface area (Å²) in [6, 6.07) is 9.94. The zero-order valence-electron chi connectivity index (χ0n) is 18.4. The number of nitrogens with one attached hydrogen (secondary N) is 1. The molecule has 162 valence electrons. The Morgan fingerprint density at radius 3 is 2.52 bits per heavy atom. The van der Waals surface area contributed by atoms with E-state index >= 15 is 0 Å². The van der Waals surface area contributed by atoms with Crippen LogP contribution in [-0.2, 0) is 20.1 Å². The molecule has 8 nitrogen and oxygen atoms in total. The first kappa shape index (κ1) is 20.8. The number of fused-ring (bicyclic) bond motifs is 1. The molecule has 0 saturated carbocycles. The minimum absolute atomic E-state index is 0.182. The molecule has 0 spiro atoms. The molecule has 3 aromatic heterocycles. The maximum Gasteiger partial charge on any atom is 0.330 e. The van der Waals surface area contributed by atoms with Crippen LogP contribution < -0.4 is 11.2 Å². The van der Waals surface area contributed by atoms with Crippen molar-refractivity contribution in [1.29, 1.82) is 0 Å². The molecule has 0 aliphatic heterocycles. The van der Waals surface area contributed by atoms with Crippen LogP contribution in [0.5, 0.6) is 0 Å². The Morgan fingerprint density at radius 1 is 1.10 bits per heavy atom. The summed E-state index contributed by atoms with van der Waals surface area (Å²) >= 11 is 0.